The molecule has 0 unspecified atom stereocenters. The Labute approximate surface area is 127 Å². The van der Waals surface area contributed by atoms with Crippen molar-refractivity contribution in [2.45, 2.75) is 19.8 Å². The number of nitrogens with zero attached hydrogens (tertiary/aromatic N) is 1. The minimum Gasteiger partial charge on any atom is -0.494 e. The summed E-state index contributed by atoms with van der Waals surface area (Å²) in [6, 6.07) is 18.0. The topological polar surface area (TPSA) is 38.5 Å². The zero-order valence-corrected chi connectivity index (χ0v) is 12.7. The summed E-state index contributed by atoms with van der Waals surface area (Å²) in [6.45, 7) is 4.94. The van der Waals surface area contributed by atoms with E-state index in [9.17, 15) is 0 Å². The largest absolute Gasteiger partial charge is 0.494 e. The van der Waals surface area contributed by atoms with E-state index in [0.29, 0.717) is 0 Å². The first-order valence-electron chi connectivity index (χ1n) is 7.58. The van der Waals surface area contributed by atoms with E-state index in [1.165, 1.54) is 5.69 Å². The molecular weight excluding hydrogens is 260 g/mol. The fraction of sp³-hybridized carbons (Fsp3) is 0.333. The van der Waals surface area contributed by atoms with E-state index < -0.39 is 0 Å². The average molecular weight is 284 g/mol. The lowest BCUT2D eigenvalue weighted by atomic mass is 10.2. The molecule has 0 heterocycles. The predicted octanol–water partition coefficient (Wildman–Crippen LogP) is 3.95. The maximum atomic E-state index is 5.87. The van der Waals surface area contributed by atoms with Crippen LogP contribution in [0.5, 0.6) is 5.75 Å². The molecule has 2 N–H and O–H groups in total. The molecule has 0 atom stereocenters. The van der Waals surface area contributed by atoms with Crippen molar-refractivity contribution < 1.29 is 4.74 Å². The summed E-state index contributed by atoms with van der Waals surface area (Å²) in [7, 11) is 0. The smallest absolute Gasteiger partial charge is 0.119 e. The van der Waals surface area contributed by atoms with Crippen molar-refractivity contribution in [3.05, 3.63) is 54.6 Å². The molecule has 0 saturated heterocycles. The number of nitrogens with two attached hydrogens (primary N) is 1. The zero-order chi connectivity index (χ0) is 14.9. The molecule has 0 aliphatic rings. The van der Waals surface area contributed by atoms with Crippen LogP contribution in [0.3, 0.4) is 0 Å². The second-order valence-corrected chi connectivity index (χ2v) is 5.10. The van der Waals surface area contributed by atoms with Gasteiger partial charge >= 0.3 is 0 Å². The van der Waals surface area contributed by atoms with E-state index in [1.54, 1.807) is 0 Å². The quantitative estimate of drug-likeness (QED) is 0.589. The summed E-state index contributed by atoms with van der Waals surface area (Å²) in [6.07, 6.45) is 2.11. The van der Waals surface area contributed by atoms with Gasteiger partial charge in [-0.1, -0.05) is 31.2 Å². The number of benzene rings is 2. The lowest BCUT2D eigenvalue weighted by Gasteiger charge is -2.24. The molecule has 0 radical (unpaired) electrons. The first kappa shape index (κ1) is 15.2. The van der Waals surface area contributed by atoms with Gasteiger partial charge in [0.25, 0.3) is 0 Å². The van der Waals surface area contributed by atoms with Gasteiger partial charge in [0.1, 0.15) is 5.75 Å². The summed E-state index contributed by atoms with van der Waals surface area (Å²) < 4.78 is 5.74. The van der Waals surface area contributed by atoms with Gasteiger partial charge in [0.15, 0.2) is 0 Å². The maximum Gasteiger partial charge on any atom is 0.119 e. The van der Waals surface area contributed by atoms with Gasteiger partial charge in [0.2, 0.25) is 0 Å². The number of hydrogen-bond acceptors (Lipinski definition) is 3. The molecule has 112 valence electrons. The molecule has 2 rings (SSSR count). The van der Waals surface area contributed by atoms with Crippen LogP contribution in [0, 0.1) is 0 Å². The SMILES string of the molecule is CCCN(CCCOc1ccccc1)c1cccc(N)c1. The minimum atomic E-state index is 0.729. The van der Waals surface area contributed by atoms with E-state index >= 15 is 0 Å². The molecule has 0 aromatic heterocycles. The Kier molecular flexibility index (Phi) is 5.95. The van der Waals surface area contributed by atoms with Crippen LogP contribution in [0.2, 0.25) is 0 Å². The highest BCUT2D eigenvalue weighted by Crippen LogP contribution is 2.18. The first-order chi connectivity index (χ1) is 10.3. The van der Waals surface area contributed by atoms with Gasteiger partial charge in [-0.25, -0.2) is 0 Å². The minimum absolute atomic E-state index is 0.729. The van der Waals surface area contributed by atoms with Crippen LogP contribution in [-0.4, -0.2) is 19.7 Å². The Morgan fingerprint density at radius 3 is 2.52 bits per heavy atom. The Morgan fingerprint density at radius 2 is 1.81 bits per heavy atom. The number of nitrogen functional groups attached to an aromatic ring is 1. The molecule has 0 spiro atoms. The van der Waals surface area contributed by atoms with Crippen LogP contribution in [0.15, 0.2) is 54.6 Å². The summed E-state index contributed by atoms with van der Waals surface area (Å²) in [5, 5.41) is 0. The summed E-state index contributed by atoms with van der Waals surface area (Å²) in [5.74, 6) is 0.934. The van der Waals surface area contributed by atoms with Crippen molar-refractivity contribution in [2.75, 3.05) is 30.3 Å². The van der Waals surface area contributed by atoms with E-state index in [-0.39, 0.29) is 0 Å². The Morgan fingerprint density at radius 1 is 1.00 bits per heavy atom. The molecule has 0 aliphatic heterocycles. The highest BCUT2D eigenvalue weighted by Gasteiger charge is 2.05. The van der Waals surface area contributed by atoms with Gasteiger partial charge in [-0.05, 0) is 43.2 Å². The Bertz CT molecular complexity index is 528. The van der Waals surface area contributed by atoms with Crippen molar-refractivity contribution >= 4 is 11.4 Å². The fourth-order valence-corrected chi connectivity index (χ4v) is 2.32. The molecule has 3 nitrogen and oxygen atoms in total. The number of para-hydroxylation sites is 1. The van der Waals surface area contributed by atoms with Crippen LogP contribution in [-0.2, 0) is 0 Å². The van der Waals surface area contributed by atoms with Crippen molar-refractivity contribution in [3.63, 3.8) is 0 Å². The molecule has 2 aromatic carbocycles. The van der Waals surface area contributed by atoms with E-state index in [4.69, 9.17) is 10.5 Å². The molecule has 0 saturated carbocycles. The van der Waals surface area contributed by atoms with Crippen molar-refractivity contribution in [3.8, 4) is 5.75 Å². The Balaban J connectivity index is 1.83. The summed E-state index contributed by atoms with van der Waals surface area (Å²) in [4.78, 5) is 2.37. The third-order valence-electron chi connectivity index (χ3n) is 3.31. The van der Waals surface area contributed by atoms with Crippen LogP contribution >= 0.6 is 0 Å². The third kappa shape index (κ3) is 5.03. The number of hydrogen-bond donors (Lipinski definition) is 1. The van der Waals surface area contributed by atoms with Crippen LogP contribution in [0.25, 0.3) is 0 Å². The molecular formula is C18H24N2O. The maximum absolute atomic E-state index is 5.87. The van der Waals surface area contributed by atoms with Gasteiger partial charge in [0, 0.05) is 24.5 Å². The molecule has 0 fully saturated rings. The molecule has 21 heavy (non-hydrogen) atoms. The van der Waals surface area contributed by atoms with Gasteiger partial charge in [-0.15, -0.1) is 0 Å². The van der Waals surface area contributed by atoms with Crippen molar-refractivity contribution in [2.24, 2.45) is 0 Å². The predicted molar refractivity (Wildman–Crippen MR) is 89.9 cm³/mol. The van der Waals surface area contributed by atoms with Crippen LogP contribution < -0.4 is 15.4 Å². The number of anilines is 2. The normalized spacial score (nSPS) is 10.3. The second kappa shape index (κ2) is 8.20. The first-order valence-corrected chi connectivity index (χ1v) is 7.58. The monoisotopic (exact) mass is 284 g/mol. The van der Waals surface area contributed by atoms with E-state index in [2.05, 4.69) is 17.9 Å². The van der Waals surface area contributed by atoms with Crippen molar-refractivity contribution in [1.82, 2.24) is 0 Å². The van der Waals surface area contributed by atoms with Gasteiger partial charge in [-0.3, -0.25) is 0 Å². The third-order valence-corrected chi connectivity index (χ3v) is 3.31. The molecule has 0 bridgehead atoms. The summed E-state index contributed by atoms with van der Waals surface area (Å²) in [5.41, 5.74) is 7.88. The van der Waals surface area contributed by atoms with E-state index in [1.807, 2.05) is 48.5 Å². The Hall–Kier alpha value is -2.16. The molecule has 2 aromatic rings. The fourth-order valence-electron chi connectivity index (χ4n) is 2.32. The van der Waals surface area contributed by atoms with Crippen LogP contribution in [0.4, 0.5) is 11.4 Å². The van der Waals surface area contributed by atoms with Gasteiger partial charge in [0.05, 0.1) is 6.61 Å². The zero-order valence-electron chi connectivity index (χ0n) is 12.7. The average Bonchev–Trinajstić information content (AvgIpc) is 2.51. The lowest BCUT2D eigenvalue weighted by molar-refractivity contribution is 0.312. The van der Waals surface area contributed by atoms with E-state index in [0.717, 1.165) is 44.0 Å². The second-order valence-electron chi connectivity index (χ2n) is 5.10. The lowest BCUT2D eigenvalue weighted by Crippen LogP contribution is -2.26. The van der Waals surface area contributed by atoms with Crippen LogP contribution in [0.1, 0.15) is 19.8 Å². The highest BCUT2D eigenvalue weighted by molar-refractivity contribution is 5.55. The van der Waals surface area contributed by atoms with Gasteiger partial charge < -0.3 is 15.4 Å². The summed E-state index contributed by atoms with van der Waals surface area (Å²) >= 11 is 0. The number of ether oxygens (including phenoxy) is 1. The standard InChI is InChI=1S/C18H24N2O/c1-2-12-20(17-9-6-8-16(19)15-17)13-7-14-21-18-10-4-3-5-11-18/h3-6,8-11,15H,2,7,12-14,19H2,1H3. The molecule has 3 heteroatoms. The van der Waals surface area contributed by atoms with Gasteiger partial charge in [-0.2, -0.15) is 0 Å². The van der Waals surface area contributed by atoms with Crippen molar-refractivity contribution in [1.29, 1.82) is 0 Å². The highest BCUT2D eigenvalue weighted by atomic mass is 16.5. The molecule has 0 amide bonds. The molecule has 0 aliphatic carbocycles. The number of rotatable bonds is 8.